The van der Waals surface area contributed by atoms with E-state index in [9.17, 15) is 0 Å². The van der Waals surface area contributed by atoms with Gasteiger partial charge in [0.15, 0.2) is 0 Å². The van der Waals surface area contributed by atoms with E-state index >= 15 is 0 Å². The molecule has 4 bridgehead atoms. The monoisotopic (exact) mass is 343 g/mol. The van der Waals surface area contributed by atoms with Gasteiger partial charge >= 0.3 is 0 Å². The van der Waals surface area contributed by atoms with E-state index in [0.717, 1.165) is 35.7 Å². The second kappa shape index (κ2) is 6.44. The number of nitrogens with zero attached hydrogens (tertiary/aromatic N) is 1. The Balaban J connectivity index is 2.04. The van der Waals surface area contributed by atoms with Crippen molar-refractivity contribution in [2.24, 2.45) is 5.16 Å². The van der Waals surface area contributed by atoms with Crippen LogP contribution < -0.4 is 0 Å². The molecule has 108 valence electrons. The van der Waals surface area contributed by atoms with Crippen LogP contribution in [-0.4, -0.2) is 13.3 Å². The first kappa shape index (κ1) is 14.3. The molecule has 4 aliphatic rings. The summed E-state index contributed by atoms with van der Waals surface area (Å²) in [4.78, 5) is 4.86. The van der Waals surface area contributed by atoms with Crippen molar-refractivity contribution in [2.45, 2.75) is 25.7 Å². The third kappa shape index (κ3) is 3.18. The van der Waals surface area contributed by atoms with Crippen molar-refractivity contribution >= 4 is 22.1 Å². The molecule has 0 unspecified atom stereocenters. The van der Waals surface area contributed by atoms with Gasteiger partial charge in [0.25, 0.3) is 0 Å². The molecule has 0 atom stereocenters. The highest BCUT2D eigenvalue weighted by atomic mass is 79.9. The lowest BCUT2D eigenvalue weighted by atomic mass is 9.94. The maximum Gasteiger partial charge on any atom is 0.106 e. The lowest BCUT2D eigenvalue weighted by Crippen LogP contribution is -2.03. The molecular formula is C18H18BrNO. The summed E-state index contributed by atoms with van der Waals surface area (Å²) in [7, 11) is 1.58. The molecule has 2 nitrogen and oxygen atoms in total. The molecule has 6 rings (SSSR count). The lowest BCUT2D eigenvalue weighted by Gasteiger charge is -2.14. The van der Waals surface area contributed by atoms with Crippen molar-refractivity contribution in [3.63, 3.8) is 0 Å². The molecule has 0 aliphatic heterocycles. The lowest BCUT2D eigenvalue weighted by molar-refractivity contribution is 0.215. The first-order valence-corrected chi connectivity index (χ1v) is 8.02. The molecule has 0 N–H and O–H groups in total. The Labute approximate surface area is 134 Å². The van der Waals surface area contributed by atoms with Crippen LogP contribution in [0, 0.1) is 0 Å². The van der Waals surface area contributed by atoms with E-state index in [-0.39, 0.29) is 0 Å². The van der Waals surface area contributed by atoms with Crippen LogP contribution in [0.25, 0.3) is 0 Å². The minimum Gasteiger partial charge on any atom is -0.399 e. The number of oxime groups is 1. The Hall–Kier alpha value is -1.61. The van der Waals surface area contributed by atoms with Crippen molar-refractivity contribution < 1.29 is 4.84 Å². The van der Waals surface area contributed by atoms with Gasteiger partial charge in [-0.3, -0.25) is 0 Å². The molecule has 0 aromatic heterocycles. The smallest absolute Gasteiger partial charge is 0.106 e. The second-order valence-electron chi connectivity index (χ2n) is 5.35. The minimum atomic E-state index is 1.00. The third-order valence-corrected chi connectivity index (χ3v) is 4.96. The molecule has 0 fully saturated rings. The molecule has 3 heteroatoms. The fourth-order valence-electron chi connectivity index (χ4n) is 2.76. The van der Waals surface area contributed by atoms with E-state index in [4.69, 9.17) is 4.84 Å². The van der Waals surface area contributed by atoms with Gasteiger partial charge in [-0.1, -0.05) is 41.6 Å². The van der Waals surface area contributed by atoms with E-state index in [2.05, 4.69) is 57.5 Å². The van der Waals surface area contributed by atoms with Gasteiger partial charge in [0, 0.05) is 10.0 Å². The normalized spacial score (nSPS) is 14.2. The SMILES string of the molecule is CO/N=C/c1c2ccc(c1Br)CCc1ccc(cc1)CC2. The molecule has 4 aliphatic carbocycles. The average Bonchev–Trinajstić information content (AvgIpc) is 2.50. The molecule has 0 radical (unpaired) electrons. The standard InChI is InChI=1S/C18H18BrNO/c1-21-20-12-17-15-8-6-13-2-4-14(5-3-13)7-9-16(11-10-15)18(17)19/h2-5,10-12H,6-9H2,1H3/b20-12+. The average molecular weight is 344 g/mol. The van der Waals surface area contributed by atoms with Gasteiger partial charge < -0.3 is 4.84 Å². The molecular weight excluding hydrogens is 326 g/mol. The van der Waals surface area contributed by atoms with Crippen molar-refractivity contribution in [1.82, 2.24) is 0 Å². The van der Waals surface area contributed by atoms with Gasteiger partial charge in [-0.15, -0.1) is 0 Å². The number of halogens is 1. The summed E-state index contributed by atoms with van der Waals surface area (Å²) in [6.45, 7) is 0. The second-order valence-corrected chi connectivity index (χ2v) is 6.14. The Morgan fingerprint density at radius 1 is 0.905 bits per heavy atom. The van der Waals surface area contributed by atoms with Crippen LogP contribution in [0.4, 0.5) is 0 Å². The number of benzene rings is 2. The van der Waals surface area contributed by atoms with Crippen LogP contribution in [0.5, 0.6) is 0 Å². The van der Waals surface area contributed by atoms with Crippen LogP contribution in [0.1, 0.15) is 27.8 Å². The summed E-state index contributed by atoms with van der Waals surface area (Å²) in [5.74, 6) is 0. The highest BCUT2D eigenvalue weighted by Gasteiger charge is 2.12. The molecule has 0 saturated carbocycles. The largest absolute Gasteiger partial charge is 0.399 e. The summed E-state index contributed by atoms with van der Waals surface area (Å²) in [5.41, 5.74) is 6.54. The molecule has 21 heavy (non-hydrogen) atoms. The van der Waals surface area contributed by atoms with Crippen molar-refractivity contribution in [3.05, 3.63) is 68.7 Å². The van der Waals surface area contributed by atoms with Gasteiger partial charge in [-0.25, -0.2) is 0 Å². The van der Waals surface area contributed by atoms with Gasteiger partial charge in [0.2, 0.25) is 0 Å². The summed E-state index contributed by atoms with van der Waals surface area (Å²) in [6, 6.07) is 13.5. The van der Waals surface area contributed by atoms with E-state index in [1.165, 1.54) is 22.3 Å². The predicted octanol–water partition coefficient (Wildman–Crippen LogP) is 4.31. The van der Waals surface area contributed by atoms with Crippen molar-refractivity contribution in [1.29, 1.82) is 0 Å². The van der Waals surface area contributed by atoms with E-state index in [1.54, 1.807) is 7.11 Å². The first-order valence-electron chi connectivity index (χ1n) is 7.22. The fraction of sp³-hybridized carbons (Fsp3) is 0.278. The van der Waals surface area contributed by atoms with E-state index in [1.807, 2.05) is 6.21 Å². The topological polar surface area (TPSA) is 21.6 Å². The van der Waals surface area contributed by atoms with Crippen LogP contribution in [-0.2, 0) is 30.5 Å². The maximum absolute atomic E-state index is 4.86. The van der Waals surface area contributed by atoms with Crippen LogP contribution in [0.3, 0.4) is 0 Å². The summed E-state index contributed by atoms with van der Waals surface area (Å²) in [6.07, 6.45) is 5.94. The van der Waals surface area contributed by atoms with Crippen molar-refractivity contribution in [3.8, 4) is 0 Å². The molecule has 0 heterocycles. The van der Waals surface area contributed by atoms with Gasteiger partial charge in [0.1, 0.15) is 7.11 Å². The van der Waals surface area contributed by atoms with Gasteiger partial charge in [0.05, 0.1) is 6.21 Å². The molecule has 2 aromatic rings. The number of aryl methyl sites for hydroxylation is 4. The summed E-state index contributed by atoms with van der Waals surface area (Å²) >= 11 is 3.76. The van der Waals surface area contributed by atoms with Crippen LogP contribution in [0.2, 0.25) is 0 Å². The summed E-state index contributed by atoms with van der Waals surface area (Å²) in [5, 5.41) is 3.96. The Kier molecular flexibility index (Phi) is 4.39. The highest BCUT2D eigenvalue weighted by Crippen LogP contribution is 2.27. The molecule has 2 aromatic carbocycles. The number of hydrogen-bond acceptors (Lipinski definition) is 2. The predicted molar refractivity (Wildman–Crippen MR) is 90.0 cm³/mol. The Morgan fingerprint density at radius 3 is 2.10 bits per heavy atom. The highest BCUT2D eigenvalue weighted by molar-refractivity contribution is 9.10. The molecule has 0 amide bonds. The Morgan fingerprint density at radius 2 is 1.48 bits per heavy atom. The zero-order valence-electron chi connectivity index (χ0n) is 12.1. The zero-order chi connectivity index (χ0) is 14.7. The maximum atomic E-state index is 4.86. The van der Waals surface area contributed by atoms with Crippen LogP contribution in [0.15, 0.2) is 46.0 Å². The van der Waals surface area contributed by atoms with E-state index in [0.29, 0.717) is 0 Å². The Bertz CT molecular complexity index is 662. The van der Waals surface area contributed by atoms with Gasteiger partial charge in [-0.05, 0) is 63.9 Å². The fourth-order valence-corrected chi connectivity index (χ4v) is 3.45. The molecule has 0 spiro atoms. The first-order chi connectivity index (χ1) is 10.3. The minimum absolute atomic E-state index is 1.00. The van der Waals surface area contributed by atoms with E-state index < -0.39 is 0 Å². The third-order valence-electron chi connectivity index (χ3n) is 4.03. The zero-order valence-corrected chi connectivity index (χ0v) is 13.7. The molecule has 0 saturated heterocycles. The quantitative estimate of drug-likeness (QED) is 0.588. The summed E-state index contributed by atoms with van der Waals surface area (Å²) < 4.78 is 1.15. The number of rotatable bonds is 2. The number of hydrogen-bond donors (Lipinski definition) is 0. The van der Waals surface area contributed by atoms with Crippen LogP contribution >= 0.6 is 15.9 Å². The van der Waals surface area contributed by atoms with Gasteiger partial charge in [-0.2, -0.15) is 0 Å². The van der Waals surface area contributed by atoms with Crippen molar-refractivity contribution in [2.75, 3.05) is 7.11 Å².